The van der Waals surface area contributed by atoms with E-state index in [0.29, 0.717) is 0 Å². The topological polar surface area (TPSA) is 0 Å². The van der Waals surface area contributed by atoms with Crippen molar-refractivity contribution in [3.8, 4) is 0 Å². The minimum atomic E-state index is 0.830. The lowest BCUT2D eigenvalue weighted by Crippen LogP contribution is -2.30. The van der Waals surface area contributed by atoms with Gasteiger partial charge in [0.25, 0.3) is 0 Å². The van der Waals surface area contributed by atoms with Gasteiger partial charge in [0.2, 0.25) is 0 Å². The van der Waals surface area contributed by atoms with E-state index in [4.69, 9.17) is 0 Å². The molecule has 2 aliphatic carbocycles. The lowest BCUT2D eigenvalue weighted by molar-refractivity contribution is 0.115. The molecular weight excluding hydrogens is 264 g/mol. The molecule has 1 aromatic rings. The number of rotatable bonds is 5. The van der Waals surface area contributed by atoms with Crippen LogP contribution in [0.25, 0.3) is 0 Å². The van der Waals surface area contributed by atoms with Crippen LogP contribution in [0, 0.1) is 17.8 Å². The Morgan fingerprint density at radius 2 is 1.73 bits per heavy atom. The van der Waals surface area contributed by atoms with Crippen molar-refractivity contribution in [2.45, 2.75) is 70.6 Å². The summed E-state index contributed by atoms with van der Waals surface area (Å²) in [6.07, 6.45) is 14.6. The van der Waals surface area contributed by atoms with Gasteiger partial charge < -0.3 is 0 Å². The molecule has 0 heterocycles. The average Bonchev–Trinajstić information content (AvgIpc) is 2.59. The second-order valence-corrected chi connectivity index (χ2v) is 7.67. The van der Waals surface area contributed by atoms with Crippen LogP contribution in [0.3, 0.4) is 0 Å². The molecule has 0 aliphatic heterocycles. The molecular formula is C22H32. The van der Waals surface area contributed by atoms with Crippen LogP contribution >= 0.6 is 0 Å². The van der Waals surface area contributed by atoms with Gasteiger partial charge in [-0.1, -0.05) is 43.7 Å². The summed E-state index contributed by atoms with van der Waals surface area (Å²) < 4.78 is 0. The molecule has 1 aromatic carbocycles. The minimum Gasteiger partial charge on any atom is -0.103 e. The van der Waals surface area contributed by atoms with Gasteiger partial charge in [0.15, 0.2) is 0 Å². The van der Waals surface area contributed by atoms with Gasteiger partial charge in [-0.05, 0) is 86.2 Å². The van der Waals surface area contributed by atoms with E-state index in [1.165, 1.54) is 56.9 Å². The van der Waals surface area contributed by atoms with Gasteiger partial charge >= 0.3 is 0 Å². The molecule has 0 bridgehead atoms. The fraction of sp³-hybridized carbons (Fsp3) is 0.636. The Balaban J connectivity index is 1.57. The summed E-state index contributed by atoms with van der Waals surface area (Å²) in [6, 6.07) is 9.49. The normalized spacial score (nSPS) is 31.5. The van der Waals surface area contributed by atoms with Gasteiger partial charge in [0, 0.05) is 0 Å². The van der Waals surface area contributed by atoms with Gasteiger partial charge in [-0.25, -0.2) is 0 Å². The number of allylic oxidation sites excluding steroid dienone is 1. The van der Waals surface area contributed by atoms with Gasteiger partial charge in [-0.2, -0.15) is 0 Å². The highest BCUT2D eigenvalue weighted by Crippen LogP contribution is 2.48. The zero-order chi connectivity index (χ0) is 15.4. The summed E-state index contributed by atoms with van der Waals surface area (Å²) in [5, 5.41) is 0. The van der Waals surface area contributed by atoms with Crippen LogP contribution in [-0.2, 0) is 6.42 Å². The molecule has 0 N–H and O–H groups in total. The van der Waals surface area contributed by atoms with E-state index in [9.17, 15) is 0 Å². The highest BCUT2D eigenvalue weighted by atomic mass is 14.4. The molecule has 3 rings (SSSR count). The molecule has 2 aliphatic rings. The van der Waals surface area contributed by atoms with Crippen molar-refractivity contribution in [3.63, 3.8) is 0 Å². The first-order chi connectivity index (χ1) is 10.8. The van der Waals surface area contributed by atoms with Crippen molar-refractivity contribution in [1.29, 1.82) is 0 Å². The summed E-state index contributed by atoms with van der Waals surface area (Å²) in [5.74, 6) is 3.84. The van der Waals surface area contributed by atoms with Crippen LogP contribution in [0.2, 0.25) is 0 Å². The van der Waals surface area contributed by atoms with Gasteiger partial charge in [0.1, 0.15) is 0 Å². The molecule has 120 valence electrons. The molecule has 4 atom stereocenters. The summed E-state index contributed by atoms with van der Waals surface area (Å²) in [6.45, 7) is 6.12. The standard InChI is InChI=1S/C22H32/c1-3-5-6-18-9-12-22-16-21(14-13-20(22)15-18)19-10-7-17(4-2)8-11-19/h3,7-8,10-11,18,20-22H,1,4-6,9,12-16H2,2H3/t18-,20-,21?,22-/m1/s1. The van der Waals surface area contributed by atoms with Gasteiger partial charge in [0.05, 0.1) is 0 Å². The Kier molecular flexibility index (Phi) is 5.39. The second kappa shape index (κ2) is 7.49. The van der Waals surface area contributed by atoms with Crippen molar-refractivity contribution in [2.75, 3.05) is 0 Å². The average molecular weight is 296 g/mol. The monoisotopic (exact) mass is 296 g/mol. The molecule has 0 heteroatoms. The maximum atomic E-state index is 3.88. The van der Waals surface area contributed by atoms with E-state index in [1.807, 2.05) is 0 Å². The van der Waals surface area contributed by atoms with Gasteiger partial charge in [-0.3, -0.25) is 0 Å². The number of benzene rings is 1. The first kappa shape index (κ1) is 15.8. The summed E-state index contributed by atoms with van der Waals surface area (Å²) in [7, 11) is 0. The van der Waals surface area contributed by atoms with Crippen LogP contribution < -0.4 is 0 Å². The van der Waals surface area contributed by atoms with Crippen molar-refractivity contribution in [2.24, 2.45) is 17.8 Å². The molecule has 0 saturated heterocycles. The number of hydrogen-bond acceptors (Lipinski definition) is 0. The quantitative estimate of drug-likeness (QED) is 0.543. The first-order valence-corrected chi connectivity index (χ1v) is 9.49. The zero-order valence-electron chi connectivity index (χ0n) is 14.3. The van der Waals surface area contributed by atoms with Crippen LogP contribution in [0.5, 0.6) is 0 Å². The van der Waals surface area contributed by atoms with Crippen LogP contribution in [0.1, 0.15) is 75.3 Å². The number of fused-ring (bicyclic) bond motifs is 1. The highest BCUT2D eigenvalue weighted by molar-refractivity contribution is 5.26. The smallest absolute Gasteiger partial charge is 0.0159 e. The predicted octanol–water partition coefficient (Wildman–Crippen LogP) is 6.52. The fourth-order valence-electron chi connectivity index (χ4n) is 4.93. The third-order valence-electron chi connectivity index (χ3n) is 6.36. The molecule has 2 saturated carbocycles. The lowest BCUT2D eigenvalue weighted by atomic mass is 9.63. The SMILES string of the molecule is C=CCC[C@@H]1CC[C@@H]2CC(c3ccc(CC)cc3)CC[C@@H]2C1. The minimum absolute atomic E-state index is 0.830. The van der Waals surface area contributed by atoms with E-state index in [1.54, 1.807) is 5.56 Å². The molecule has 0 aromatic heterocycles. The Morgan fingerprint density at radius 1 is 1.00 bits per heavy atom. The summed E-state index contributed by atoms with van der Waals surface area (Å²) in [4.78, 5) is 0. The van der Waals surface area contributed by atoms with Crippen molar-refractivity contribution >= 4 is 0 Å². The Morgan fingerprint density at radius 3 is 2.45 bits per heavy atom. The van der Waals surface area contributed by atoms with Crippen LogP contribution in [-0.4, -0.2) is 0 Å². The predicted molar refractivity (Wildman–Crippen MR) is 96.2 cm³/mol. The maximum Gasteiger partial charge on any atom is -0.0159 e. The van der Waals surface area contributed by atoms with E-state index < -0.39 is 0 Å². The van der Waals surface area contributed by atoms with E-state index >= 15 is 0 Å². The summed E-state index contributed by atoms with van der Waals surface area (Å²) in [5.41, 5.74) is 3.07. The zero-order valence-corrected chi connectivity index (χ0v) is 14.3. The van der Waals surface area contributed by atoms with E-state index in [-0.39, 0.29) is 0 Å². The molecule has 0 spiro atoms. The third-order valence-corrected chi connectivity index (χ3v) is 6.36. The van der Waals surface area contributed by atoms with Crippen LogP contribution in [0.15, 0.2) is 36.9 Å². The van der Waals surface area contributed by atoms with Crippen molar-refractivity contribution in [3.05, 3.63) is 48.0 Å². The van der Waals surface area contributed by atoms with Crippen molar-refractivity contribution in [1.82, 2.24) is 0 Å². The summed E-state index contributed by atoms with van der Waals surface area (Å²) >= 11 is 0. The van der Waals surface area contributed by atoms with E-state index in [0.717, 1.165) is 30.1 Å². The fourth-order valence-corrected chi connectivity index (χ4v) is 4.93. The highest BCUT2D eigenvalue weighted by Gasteiger charge is 2.35. The molecule has 0 nitrogen and oxygen atoms in total. The van der Waals surface area contributed by atoms with Crippen molar-refractivity contribution < 1.29 is 0 Å². The van der Waals surface area contributed by atoms with Crippen LogP contribution in [0.4, 0.5) is 0 Å². The van der Waals surface area contributed by atoms with Gasteiger partial charge in [-0.15, -0.1) is 6.58 Å². The molecule has 2 fully saturated rings. The lowest BCUT2D eigenvalue weighted by Gasteiger charge is -2.42. The molecule has 0 radical (unpaired) electrons. The Hall–Kier alpha value is -1.04. The largest absolute Gasteiger partial charge is 0.103 e. The third kappa shape index (κ3) is 3.65. The number of aryl methyl sites for hydroxylation is 1. The molecule has 22 heavy (non-hydrogen) atoms. The number of hydrogen-bond donors (Lipinski definition) is 0. The first-order valence-electron chi connectivity index (χ1n) is 9.49. The molecule has 1 unspecified atom stereocenters. The molecule has 0 amide bonds. The Labute approximate surface area is 137 Å². The maximum absolute atomic E-state index is 3.88. The Bertz CT molecular complexity index is 469. The van der Waals surface area contributed by atoms with E-state index in [2.05, 4.69) is 43.8 Å². The second-order valence-electron chi connectivity index (χ2n) is 7.67.